The minimum Gasteiger partial charge on any atom is -0.496 e. The highest BCUT2D eigenvalue weighted by Gasteiger charge is 2.14. The number of benzene rings is 2. The predicted octanol–water partition coefficient (Wildman–Crippen LogP) is 2.95. The molecule has 2 N–H and O–H groups in total. The van der Waals surface area contributed by atoms with Crippen molar-refractivity contribution < 1.29 is 9.47 Å². The van der Waals surface area contributed by atoms with Crippen molar-refractivity contribution in [2.75, 3.05) is 14.2 Å². The second-order valence-electron chi connectivity index (χ2n) is 4.36. The zero-order chi connectivity index (χ0) is 13.7. The summed E-state index contributed by atoms with van der Waals surface area (Å²) in [5.74, 6) is 1.69. The van der Waals surface area contributed by atoms with Crippen LogP contribution in [-0.4, -0.2) is 14.2 Å². The van der Waals surface area contributed by atoms with Crippen molar-refractivity contribution in [3.05, 3.63) is 59.7 Å². The van der Waals surface area contributed by atoms with E-state index in [4.69, 9.17) is 15.2 Å². The fraction of sp³-hybridized carbons (Fsp3) is 0.250. The van der Waals surface area contributed by atoms with Crippen LogP contribution in [0.3, 0.4) is 0 Å². The van der Waals surface area contributed by atoms with E-state index in [1.807, 2.05) is 48.5 Å². The summed E-state index contributed by atoms with van der Waals surface area (Å²) in [6.07, 6.45) is 0.713. The predicted molar refractivity (Wildman–Crippen MR) is 76.6 cm³/mol. The number of nitrogens with two attached hydrogens (primary N) is 1. The Labute approximate surface area is 114 Å². The number of hydrogen-bond acceptors (Lipinski definition) is 3. The lowest BCUT2D eigenvalue weighted by molar-refractivity contribution is 0.401. The molecule has 0 radical (unpaired) electrons. The Morgan fingerprint density at radius 1 is 0.895 bits per heavy atom. The normalized spacial score (nSPS) is 11.9. The molecule has 0 aromatic heterocycles. The Morgan fingerprint density at radius 2 is 1.47 bits per heavy atom. The standard InChI is InChI=1S/C16H19NO2/c1-18-15-9-5-3-7-12(15)11-14(17)13-8-4-6-10-16(13)19-2/h3-10,14H,11,17H2,1-2H3. The van der Waals surface area contributed by atoms with E-state index >= 15 is 0 Å². The van der Waals surface area contributed by atoms with E-state index in [0.29, 0.717) is 6.42 Å². The molecule has 19 heavy (non-hydrogen) atoms. The highest BCUT2D eigenvalue weighted by Crippen LogP contribution is 2.28. The van der Waals surface area contributed by atoms with Gasteiger partial charge in [-0.25, -0.2) is 0 Å². The van der Waals surface area contributed by atoms with Crippen LogP contribution in [0.5, 0.6) is 11.5 Å². The van der Waals surface area contributed by atoms with Gasteiger partial charge in [0.15, 0.2) is 0 Å². The van der Waals surface area contributed by atoms with Gasteiger partial charge in [-0.3, -0.25) is 0 Å². The number of rotatable bonds is 5. The van der Waals surface area contributed by atoms with Crippen LogP contribution in [0, 0.1) is 0 Å². The summed E-state index contributed by atoms with van der Waals surface area (Å²) in [4.78, 5) is 0. The molecule has 2 aromatic rings. The summed E-state index contributed by atoms with van der Waals surface area (Å²) >= 11 is 0. The molecule has 1 atom stereocenters. The Kier molecular flexibility index (Phi) is 4.42. The van der Waals surface area contributed by atoms with Gasteiger partial charge in [-0.15, -0.1) is 0 Å². The molecule has 0 heterocycles. The lowest BCUT2D eigenvalue weighted by atomic mass is 9.98. The summed E-state index contributed by atoms with van der Waals surface area (Å²) in [6, 6.07) is 15.7. The van der Waals surface area contributed by atoms with Crippen LogP contribution >= 0.6 is 0 Å². The van der Waals surface area contributed by atoms with Crippen LogP contribution in [0.25, 0.3) is 0 Å². The molecule has 100 valence electrons. The Balaban J connectivity index is 2.23. The average molecular weight is 257 g/mol. The molecule has 0 bridgehead atoms. The second kappa shape index (κ2) is 6.25. The van der Waals surface area contributed by atoms with Crippen LogP contribution < -0.4 is 15.2 Å². The van der Waals surface area contributed by atoms with Gasteiger partial charge in [0.25, 0.3) is 0 Å². The molecule has 0 aliphatic heterocycles. The third-order valence-corrected chi connectivity index (χ3v) is 3.17. The van der Waals surface area contributed by atoms with Gasteiger partial charge in [0.2, 0.25) is 0 Å². The highest BCUT2D eigenvalue weighted by atomic mass is 16.5. The van der Waals surface area contributed by atoms with Crippen LogP contribution in [0.15, 0.2) is 48.5 Å². The van der Waals surface area contributed by atoms with Gasteiger partial charge in [0.1, 0.15) is 11.5 Å². The van der Waals surface area contributed by atoms with E-state index in [0.717, 1.165) is 22.6 Å². The topological polar surface area (TPSA) is 44.5 Å². The van der Waals surface area contributed by atoms with Crippen LogP contribution in [-0.2, 0) is 6.42 Å². The van der Waals surface area contributed by atoms with E-state index in [-0.39, 0.29) is 6.04 Å². The van der Waals surface area contributed by atoms with Crippen molar-refractivity contribution in [3.8, 4) is 11.5 Å². The third-order valence-electron chi connectivity index (χ3n) is 3.17. The fourth-order valence-corrected chi connectivity index (χ4v) is 2.19. The van der Waals surface area contributed by atoms with E-state index in [1.165, 1.54) is 0 Å². The Bertz CT molecular complexity index is 540. The third kappa shape index (κ3) is 3.06. The van der Waals surface area contributed by atoms with Gasteiger partial charge < -0.3 is 15.2 Å². The molecule has 3 heteroatoms. The number of ether oxygens (including phenoxy) is 2. The van der Waals surface area contributed by atoms with Crippen molar-refractivity contribution in [1.82, 2.24) is 0 Å². The van der Waals surface area contributed by atoms with Crippen LogP contribution in [0.2, 0.25) is 0 Å². The van der Waals surface area contributed by atoms with Gasteiger partial charge in [0, 0.05) is 11.6 Å². The van der Waals surface area contributed by atoms with E-state index in [9.17, 15) is 0 Å². The average Bonchev–Trinajstić information content (AvgIpc) is 2.47. The minimum absolute atomic E-state index is 0.118. The zero-order valence-corrected chi connectivity index (χ0v) is 11.3. The van der Waals surface area contributed by atoms with E-state index in [2.05, 4.69) is 0 Å². The van der Waals surface area contributed by atoms with Crippen molar-refractivity contribution in [2.24, 2.45) is 5.73 Å². The van der Waals surface area contributed by atoms with E-state index in [1.54, 1.807) is 14.2 Å². The first kappa shape index (κ1) is 13.4. The smallest absolute Gasteiger partial charge is 0.123 e. The summed E-state index contributed by atoms with van der Waals surface area (Å²) < 4.78 is 10.7. The second-order valence-corrected chi connectivity index (χ2v) is 4.36. The lowest BCUT2D eigenvalue weighted by Gasteiger charge is -2.17. The number of methoxy groups -OCH3 is 2. The van der Waals surface area contributed by atoms with Crippen molar-refractivity contribution >= 4 is 0 Å². The summed E-state index contributed by atoms with van der Waals surface area (Å²) in [5, 5.41) is 0. The highest BCUT2D eigenvalue weighted by molar-refractivity contribution is 5.39. The maximum absolute atomic E-state index is 6.29. The van der Waals surface area contributed by atoms with Gasteiger partial charge in [0.05, 0.1) is 14.2 Å². The molecule has 2 rings (SSSR count). The molecular weight excluding hydrogens is 238 g/mol. The first-order valence-electron chi connectivity index (χ1n) is 6.26. The van der Waals surface area contributed by atoms with Crippen molar-refractivity contribution in [3.63, 3.8) is 0 Å². The Hall–Kier alpha value is -2.00. The molecule has 1 unspecified atom stereocenters. The van der Waals surface area contributed by atoms with Crippen LogP contribution in [0.1, 0.15) is 17.2 Å². The summed E-state index contributed by atoms with van der Waals surface area (Å²) in [7, 11) is 3.34. The zero-order valence-electron chi connectivity index (χ0n) is 11.3. The van der Waals surface area contributed by atoms with Gasteiger partial charge >= 0.3 is 0 Å². The van der Waals surface area contributed by atoms with Crippen molar-refractivity contribution in [2.45, 2.75) is 12.5 Å². The largest absolute Gasteiger partial charge is 0.496 e. The molecule has 0 spiro atoms. The van der Waals surface area contributed by atoms with Gasteiger partial charge in [-0.05, 0) is 24.1 Å². The summed E-state index contributed by atoms with van der Waals surface area (Å²) in [6.45, 7) is 0. The van der Waals surface area contributed by atoms with Gasteiger partial charge in [-0.2, -0.15) is 0 Å². The molecule has 0 amide bonds. The van der Waals surface area contributed by atoms with Gasteiger partial charge in [-0.1, -0.05) is 36.4 Å². The molecule has 2 aromatic carbocycles. The molecule has 0 saturated carbocycles. The molecule has 0 aliphatic carbocycles. The fourth-order valence-electron chi connectivity index (χ4n) is 2.19. The summed E-state index contributed by atoms with van der Waals surface area (Å²) in [5.41, 5.74) is 8.40. The monoisotopic (exact) mass is 257 g/mol. The maximum atomic E-state index is 6.29. The van der Waals surface area contributed by atoms with Crippen LogP contribution in [0.4, 0.5) is 0 Å². The first-order valence-corrected chi connectivity index (χ1v) is 6.26. The molecule has 0 aliphatic rings. The molecule has 0 fully saturated rings. The first-order chi connectivity index (χ1) is 9.26. The maximum Gasteiger partial charge on any atom is 0.123 e. The number of para-hydroxylation sites is 2. The lowest BCUT2D eigenvalue weighted by Crippen LogP contribution is -2.14. The quantitative estimate of drug-likeness (QED) is 0.895. The Morgan fingerprint density at radius 3 is 2.16 bits per heavy atom. The van der Waals surface area contributed by atoms with E-state index < -0.39 is 0 Å². The number of hydrogen-bond donors (Lipinski definition) is 1. The SMILES string of the molecule is COc1ccccc1CC(N)c1ccccc1OC. The van der Waals surface area contributed by atoms with Crippen molar-refractivity contribution in [1.29, 1.82) is 0 Å². The molecule has 0 saturated heterocycles. The molecule has 3 nitrogen and oxygen atoms in total. The molecular formula is C16H19NO2. The minimum atomic E-state index is -0.118.